The molecule has 0 spiro atoms. The molecule has 0 aromatic heterocycles. The van der Waals surface area contributed by atoms with Crippen LogP contribution in [-0.4, -0.2) is 17.9 Å². The molecule has 3 heteroatoms. The second-order valence-corrected chi connectivity index (χ2v) is 5.14. The number of carbonyl (C=O) groups excluding carboxylic acids is 1. The van der Waals surface area contributed by atoms with Crippen molar-refractivity contribution in [1.82, 2.24) is 4.90 Å². The van der Waals surface area contributed by atoms with Crippen LogP contribution in [0.2, 0.25) is 0 Å². The molecule has 2 N–H and O–H groups in total. The monoisotopic (exact) mass is 234 g/mol. The van der Waals surface area contributed by atoms with Crippen LogP contribution in [0.25, 0.3) is 0 Å². The Morgan fingerprint density at radius 1 is 1.29 bits per heavy atom. The quantitative estimate of drug-likeness (QED) is 0.814. The van der Waals surface area contributed by atoms with Crippen LogP contribution in [-0.2, 0) is 11.3 Å². The van der Waals surface area contributed by atoms with Crippen molar-refractivity contribution in [3.8, 4) is 0 Å². The second-order valence-electron chi connectivity index (χ2n) is 5.14. The number of anilines is 1. The predicted molar refractivity (Wildman–Crippen MR) is 71.4 cm³/mol. The van der Waals surface area contributed by atoms with Gasteiger partial charge in [-0.3, -0.25) is 4.79 Å². The van der Waals surface area contributed by atoms with E-state index in [9.17, 15) is 4.79 Å². The summed E-state index contributed by atoms with van der Waals surface area (Å²) in [4.78, 5) is 13.9. The number of nitrogen functional groups attached to an aromatic ring is 1. The van der Waals surface area contributed by atoms with Crippen LogP contribution in [0.5, 0.6) is 0 Å². The first-order chi connectivity index (χ1) is 7.86. The van der Waals surface area contributed by atoms with E-state index in [0.717, 1.165) is 17.7 Å². The largest absolute Gasteiger partial charge is 0.399 e. The van der Waals surface area contributed by atoms with E-state index >= 15 is 0 Å². The van der Waals surface area contributed by atoms with Crippen LogP contribution in [0, 0.1) is 5.41 Å². The van der Waals surface area contributed by atoms with Gasteiger partial charge in [0.2, 0.25) is 5.91 Å². The molecule has 1 amide bonds. The van der Waals surface area contributed by atoms with Crippen molar-refractivity contribution < 1.29 is 4.79 Å². The predicted octanol–water partition coefficient (Wildman–Crippen LogP) is 2.66. The van der Waals surface area contributed by atoms with Gasteiger partial charge in [0.15, 0.2) is 0 Å². The molecule has 0 unspecified atom stereocenters. The molecule has 0 radical (unpaired) electrons. The number of amides is 1. The standard InChI is InChI=1S/C14H22N2O/c1-5-14(2,3)13(17)16(4)10-11-6-8-12(15)9-7-11/h6-9H,5,10,15H2,1-4H3. The zero-order valence-corrected chi connectivity index (χ0v) is 11.2. The van der Waals surface area contributed by atoms with Crippen LogP contribution in [0.15, 0.2) is 24.3 Å². The van der Waals surface area contributed by atoms with Crippen molar-refractivity contribution in [3.63, 3.8) is 0 Å². The zero-order chi connectivity index (χ0) is 13.1. The molecule has 0 aliphatic rings. The normalized spacial score (nSPS) is 11.3. The number of carbonyl (C=O) groups is 1. The van der Waals surface area contributed by atoms with Gasteiger partial charge < -0.3 is 10.6 Å². The maximum Gasteiger partial charge on any atom is 0.228 e. The van der Waals surface area contributed by atoms with E-state index < -0.39 is 0 Å². The van der Waals surface area contributed by atoms with E-state index in [1.165, 1.54) is 0 Å². The fraction of sp³-hybridized carbons (Fsp3) is 0.500. The minimum absolute atomic E-state index is 0.178. The number of rotatable bonds is 4. The van der Waals surface area contributed by atoms with Gasteiger partial charge in [-0.1, -0.05) is 32.9 Å². The van der Waals surface area contributed by atoms with Gasteiger partial charge >= 0.3 is 0 Å². The molecule has 0 aliphatic heterocycles. The minimum atomic E-state index is -0.289. The summed E-state index contributed by atoms with van der Waals surface area (Å²) in [7, 11) is 1.84. The summed E-state index contributed by atoms with van der Waals surface area (Å²) in [6.07, 6.45) is 0.845. The molecule has 1 aromatic carbocycles. The summed E-state index contributed by atoms with van der Waals surface area (Å²) >= 11 is 0. The fourth-order valence-electron chi connectivity index (χ4n) is 1.64. The third-order valence-electron chi connectivity index (χ3n) is 3.21. The topological polar surface area (TPSA) is 46.3 Å². The molecule has 0 fully saturated rings. The molecule has 0 heterocycles. The summed E-state index contributed by atoms with van der Waals surface area (Å²) in [5.74, 6) is 0.178. The summed E-state index contributed by atoms with van der Waals surface area (Å²) in [6.45, 7) is 6.63. The lowest BCUT2D eigenvalue weighted by molar-refractivity contribution is -0.139. The first-order valence-corrected chi connectivity index (χ1v) is 5.97. The van der Waals surface area contributed by atoms with Crippen molar-refractivity contribution in [3.05, 3.63) is 29.8 Å². The van der Waals surface area contributed by atoms with Gasteiger partial charge in [0.05, 0.1) is 0 Å². The molecule has 1 aromatic rings. The van der Waals surface area contributed by atoms with Gasteiger partial charge in [0, 0.05) is 24.7 Å². The molecule has 0 atom stereocenters. The highest BCUT2D eigenvalue weighted by molar-refractivity contribution is 5.81. The summed E-state index contributed by atoms with van der Waals surface area (Å²) < 4.78 is 0. The van der Waals surface area contributed by atoms with E-state index in [2.05, 4.69) is 0 Å². The lowest BCUT2D eigenvalue weighted by Gasteiger charge is -2.28. The third kappa shape index (κ3) is 3.48. The Morgan fingerprint density at radius 3 is 2.29 bits per heavy atom. The van der Waals surface area contributed by atoms with Gasteiger partial charge in [0.25, 0.3) is 0 Å². The Hall–Kier alpha value is -1.51. The minimum Gasteiger partial charge on any atom is -0.399 e. The Balaban J connectivity index is 2.69. The SMILES string of the molecule is CCC(C)(C)C(=O)N(C)Cc1ccc(N)cc1. The van der Waals surface area contributed by atoms with Gasteiger partial charge in [-0.15, -0.1) is 0 Å². The highest BCUT2D eigenvalue weighted by atomic mass is 16.2. The molecule has 0 bridgehead atoms. The summed E-state index contributed by atoms with van der Waals surface area (Å²) in [5.41, 5.74) is 7.18. The van der Waals surface area contributed by atoms with Crippen LogP contribution in [0.1, 0.15) is 32.8 Å². The average Bonchev–Trinajstić information content (AvgIpc) is 2.31. The Bertz CT molecular complexity index is 382. The maximum absolute atomic E-state index is 12.2. The van der Waals surface area contributed by atoms with Gasteiger partial charge in [-0.05, 0) is 24.1 Å². The van der Waals surface area contributed by atoms with E-state index in [4.69, 9.17) is 5.73 Å². The van der Waals surface area contributed by atoms with E-state index in [1.54, 1.807) is 4.90 Å². The molecule has 94 valence electrons. The van der Waals surface area contributed by atoms with E-state index in [0.29, 0.717) is 6.54 Å². The van der Waals surface area contributed by atoms with Gasteiger partial charge in [-0.25, -0.2) is 0 Å². The first kappa shape index (κ1) is 13.6. The highest BCUT2D eigenvalue weighted by Gasteiger charge is 2.28. The lowest BCUT2D eigenvalue weighted by atomic mass is 9.88. The van der Waals surface area contributed by atoms with Crippen LogP contribution < -0.4 is 5.73 Å². The van der Waals surface area contributed by atoms with Crippen molar-refractivity contribution in [2.75, 3.05) is 12.8 Å². The molecule has 17 heavy (non-hydrogen) atoms. The van der Waals surface area contributed by atoms with Crippen LogP contribution in [0.3, 0.4) is 0 Å². The molecule has 3 nitrogen and oxygen atoms in total. The van der Waals surface area contributed by atoms with E-state index in [1.807, 2.05) is 52.1 Å². The smallest absolute Gasteiger partial charge is 0.228 e. The Labute approximate surface area is 104 Å². The number of benzene rings is 1. The Morgan fingerprint density at radius 2 is 1.82 bits per heavy atom. The van der Waals surface area contributed by atoms with Crippen molar-refractivity contribution >= 4 is 11.6 Å². The third-order valence-corrected chi connectivity index (χ3v) is 3.21. The zero-order valence-electron chi connectivity index (χ0n) is 11.2. The first-order valence-electron chi connectivity index (χ1n) is 5.97. The van der Waals surface area contributed by atoms with Crippen molar-refractivity contribution in [2.24, 2.45) is 5.41 Å². The molecule has 0 aliphatic carbocycles. The molecular formula is C14H22N2O. The van der Waals surface area contributed by atoms with Crippen molar-refractivity contribution in [2.45, 2.75) is 33.7 Å². The van der Waals surface area contributed by atoms with Crippen LogP contribution in [0.4, 0.5) is 5.69 Å². The summed E-state index contributed by atoms with van der Waals surface area (Å²) in [5, 5.41) is 0. The van der Waals surface area contributed by atoms with Crippen molar-refractivity contribution in [1.29, 1.82) is 0 Å². The number of hydrogen-bond donors (Lipinski definition) is 1. The lowest BCUT2D eigenvalue weighted by Crippen LogP contribution is -2.37. The van der Waals surface area contributed by atoms with Gasteiger partial charge in [0.1, 0.15) is 0 Å². The maximum atomic E-state index is 12.2. The second kappa shape index (κ2) is 5.21. The molecule has 0 saturated carbocycles. The average molecular weight is 234 g/mol. The highest BCUT2D eigenvalue weighted by Crippen LogP contribution is 2.23. The number of hydrogen-bond acceptors (Lipinski definition) is 2. The number of nitrogens with zero attached hydrogens (tertiary/aromatic N) is 1. The van der Waals surface area contributed by atoms with Crippen LogP contribution >= 0.6 is 0 Å². The summed E-state index contributed by atoms with van der Waals surface area (Å²) in [6, 6.07) is 7.63. The number of nitrogens with two attached hydrogens (primary N) is 1. The van der Waals surface area contributed by atoms with Gasteiger partial charge in [-0.2, -0.15) is 0 Å². The van der Waals surface area contributed by atoms with E-state index in [-0.39, 0.29) is 11.3 Å². The Kier molecular flexibility index (Phi) is 4.16. The molecule has 1 rings (SSSR count). The fourth-order valence-corrected chi connectivity index (χ4v) is 1.64. The molecular weight excluding hydrogens is 212 g/mol. The molecule has 0 saturated heterocycles.